The zero-order valence-corrected chi connectivity index (χ0v) is 14.1. The number of aryl methyl sites for hydroxylation is 1. The van der Waals surface area contributed by atoms with Crippen LogP contribution >= 0.6 is 11.3 Å². The summed E-state index contributed by atoms with van der Waals surface area (Å²) < 4.78 is 10.9. The van der Waals surface area contributed by atoms with Crippen LogP contribution in [-0.4, -0.2) is 22.3 Å². The molecule has 8 heteroatoms. The molecule has 0 saturated carbocycles. The first-order valence-electron chi connectivity index (χ1n) is 7.37. The van der Waals surface area contributed by atoms with Gasteiger partial charge in [-0.05, 0) is 31.2 Å². The molecule has 0 atom stereocenters. The number of nitrogens with one attached hydrogen (secondary N) is 1. The maximum Gasteiger partial charge on any atom is 0.371 e. The fourth-order valence-corrected chi connectivity index (χ4v) is 2.64. The van der Waals surface area contributed by atoms with E-state index in [9.17, 15) is 4.79 Å². The first-order chi connectivity index (χ1) is 12.1. The van der Waals surface area contributed by atoms with Crippen molar-refractivity contribution in [1.29, 1.82) is 0 Å². The normalized spacial score (nSPS) is 10.9. The van der Waals surface area contributed by atoms with Crippen molar-refractivity contribution in [3.8, 4) is 5.75 Å². The van der Waals surface area contributed by atoms with E-state index >= 15 is 0 Å². The third-order valence-electron chi connectivity index (χ3n) is 3.14. The van der Waals surface area contributed by atoms with Gasteiger partial charge in [-0.15, -0.1) is 11.3 Å². The molecular formula is C17H15N3O4S. The van der Waals surface area contributed by atoms with E-state index in [4.69, 9.17) is 14.3 Å². The maximum absolute atomic E-state index is 10.8. The largest absolute Gasteiger partial charge is 0.485 e. The van der Waals surface area contributed by atoms with E-state index < -0.39 is 5.97 Å². The van der Waals surface area contributed by atoms with Crippen LogP contribution in [0.15, 0.2) is 51.3 Å². The van der Waals surface area contributed by atoms with Crippen LogP contribution in [0.3, 0.4) is 0 Å². The quantitative estimate of drug-likeness (QED) is 0.493. The molecule has 0 aliphatic rings. The molecule has 0 saturated heterocycles. The molecule has 0 spiro atoms. The summed E-state index contributed by atoms with van der Waals surface area (Å²) in [6.07, 6.45) is 1.64. The zero-order valence-electron chi connectivity index (χ0n) is 13.3. The maximum atomic E-state index is 10.8. The van der Waals surface area contributed by atoms with Crippen LogP contribution < -0.4 is 10.2 Å². The second-order valence-corrected chi connectivity index (χ2v) is 5.92. The highest BCUT2D eigenvalue weighted by Crippen LogP contribution is 2.19. The molecule has 3 rings (SSSR count). The molecule has 1 aromatic carbocycles. The average Bonchev–Trinajstić information content (AvgIpc) is 3.23. The second kappa shape index (κ2) is 7.63. The van der Waals surface area contributed by atoms with Crippen LogP contribution in [0.5, 0.6) is 5.75 Å². The Morgan fingerprint density at radius 1 is 1.40 bits per heavy atom. The van der Waals surface area contributed by atoms with E-state index in [1.165, 1.54) is 17.4 Å². The van der Waals surface area contributed by atoms with E-state index in [1.54, 1.807) is 18.3 Å². The number of carboxylic acid groups (broad SMARTS) is 1. The van der Waals surface area contributed by atoms with Crippen LogP contribution in [0.2, 0.25) is 0 Å². The van der Waals surface area contributed by atoms with E-state index in [0.29, 0.717) is 16.6 Å². The van der Waals surface area contributed by atoms with Crippen molar-refractivity contribution in [2.45, 2.75) is 13.5 Å². The number of benzene rings is 1. The summed E-state index contributed by atoms with van der Waals surface area (Å²) in [6.45, 7) is 2.04. The van der Waals surface area contributed by atoms with Gasteiger partial charge in [0.15, 0.2) is 0 Å². The molecule has 25 heavy (non-hydrogen) atoms. The summed E-state index contributed by atoms with van der Waals surface area (Å²) in [5.74, 6) is -0.184. The van der Waals surface area contributed by atoms with Gasteiger partial charge in [0.25, 0.3) is 0 Å². The lowest BCUT2D eigenvalue weighted by molar-refractivity contribution is 0.0658. The number of hydrogen-bond donors (Lipinski definition) is 2. The Morgan fingerprint density at radius 3 is 2.96 bits per heavy atom. The Hall–Kier alpha value is -3.13. The van der Waals surface area contributed by atoms with Gasteiger partial charge in [-0.2, -0.15) is 5.10 Å². The molecule has 0 fully saturated rings. The molecule has 2 aromatic heterocycles. The van der Waals surface area contributed by atoms with Gasteiger partial charge in [0, 0.05) is 10.9 Å². The van der Waals surface area contributed by atoms with Crippen molar-refractivity contribution in [2.24, 2.45) is 5.10 Å². The number of rotatable bonds is 7. The van der Waals surface area contributed by atoms with E-state index in [2.05, 4.69) is 15.5 Å². The molecule has 2 heterocycles. The monoisotopic (exact) mass is 357 g/mol. The standard InChI is InChI=1S/C17H15N3O4S/c1-11-10-25-17(19-11)20-18-8-12-4-2-3-5-14(12)23-9-13-6-7-15(24-13)16(21)22/h2-8,10H,9H2,1H3,(H,19,20)(H,21,22). The van der Waals surface area contributed by atoms with Gasteiger partial charge >= 0.3 is 5.97 Å². The molecule has 0 unspecified atom stereocenters. The van der Waals surface area contributed by atoms with Gasteiger partial charge in [-0.1, -0.05) is 12.1 Å². The van der Waals surface area contributed by atoms with Crippen LogP contribution in [0.25, 0.3) is 0 Å². The number of nitrogens with zero attached hydrogens (tertiary/aromatic N) is 2. The van der Waals surface area contributed by atoms with Gasteiger partial charge < -0.3 is 14.3 Å². The summed E-state index contributed by atoms with van der Waals surface area (Å²) in [6, 6.07) is 10.3. The Morgan fingerprint density at radius 2 is 2.24 bits per heavy atom. The molecule has 7 nitrogen and oxygen atoms in total. The minimum absolute atomic E-state index is 0.114. The van der Waals surface area contributed by atoms with Gasteiger partial charge in [0.2, 0.25) is 10.9 Å². The van der Waals surface area contributed by atoms with Crippen molar-refractivity contribution in [3.63, 3.8) is 0 Å². The third kappa shape index (κ3) is 4.45. The van der Waals surface area contributed by atoms with Gasteiger partial charge in [0.1, 0.15) is 18.1 Å². The van der Waals surface area contributed by atoms with Crippen LogP contribution in [0.1, 0.15) is 27.6 Å². The SMILES string of the molecule is Cc1csc(NN=Cc2ccccc2OCc2ccc(C(=O)O)o2)n1. The number of aromatic carboxylic acids is 1. The van der Waals surface area contributed by atoms with Gasteiger partial charge in [0.05, 0.1) is 11.9 Å². The molecule has 0 radical (unpaired) electrons. The number of carboxylic acids is 1. The summed E-state index contributed by atoms with van der Waals surface area (Å²) in [5.41, 5.74) is 4.58. The number of carbonyl (C=O) groups is 1. The lowest BCUT2D eigenvalue weighted by Gasteiger charge is -2.07. The van der Waals surface area contributed by atoms with Crippen LogP contribution in [0, 0.1) is 6.92 Å². The number of anilines is 1. The topological polar surface area (TPSA) is 97.0 Å². The smallest absolute Gasteiger partial charge is 0.371 e. The predicted octanol–water partition coefficient (Wildman–Crippen LogP) is 3.77. The van der Waals surface area contributed by atoms with Crippen molar-refractivity contribution in [1.82, 2.24) is 4.98 Å². The highest BCUT2D eigenvalue weighted by molar-refractivity contribution is 7.13. The molecule has 0 aliphatic heterocycles. The lowest BCUT2D eigenvalue weighted by atomic mass is 10.2. The van der Waals surface area contributed by atoms with Crippen molar-refractivity contribution < 1.29 is 19.1 Å². The lowest BCUT2D eigenvalue weighted by Crippen LogP contribution is -1.98. The Balaban J connectivity index is 1.64. The van der Waals surface area contributed by atoms with E-state index in [0.717, 1.165) is 11.3 Å². The van der Waals surface area contributed by atoms with Crippen LogP contribution in [-0.2, 0) is 6.61 Å². The van der Waals surface area contributed by atoms with Gasteiger partial charge in [-0.3, -0.25) is 5.43 Å². The number of ether oxygens (including phenoxy) is 1. The number of para-hydroxylation sites is 1. The number of hydrazone groups is 1. The highest BCUT2D eigenvalue weighted by atomic mass is 32.1. The predicted molar refractivity (Wildman–Crippen MR) is 94.5 cm³/mol. The highest BCUT2D eigenvalue weighted by Gasteiger charge is 2.10. The number of furan rings is 1. The second-order valence-electron chi connectivity index (χ2n) is 5.06. The Labute approximate surface area is 147 Å². The summed E-state index contributed by atoms with van der Waals surface area (Å²) in [7, 11) is 0. The summed E-state index contributed by atoms with van der Waals surface area (Å²) >= 11 is 1.47. The average molecular weight is 357 g/mol. The number of aromatic nitrogens is 1. The van der Waals surface area contributed by atoms with E-state index in [-0.39, 0.29) is 12.4 Å². The molecule has 3 aromatic rings. The Kier molecular flexibility index (Phi) is 5.10. The molecule has 0 bridgehead atoms. The molecule has 0 aliphatic carbocycles. The summed E-state index contributed by atoms with van der Waals surface area (Å²) in [5, 5.41) is 15.7. The fraction of sp³-hybridized carbons (Fsp3) is 0.118. The summed E-state index contributed by atoms with van der Waals surface area (Å²) in [4.78, 5) is 15.1. The fourth-order valence-electron chi connectivity index (χ4n) is 2.00. The molecule has 128 valence electrons. The molecule has 2 N–H and O–H groups in total. The van der Waals surface area contributed by atoms with Crippen LogP contribution in [0.4, 0.5) is 5.13 Å². The Bertz CT molecular complexity index is 901. The van der Waals surface area contributed by atoms with E-state index in [1.807, 2.05) is 30.5 Å². The minimum atomic E-state index is -1.11. The first kappa shape index (κ1) is 16.7. The van der Waals surface area contributed by atoms with Gasteiger partial charge in [-0.25, -0.2) is 9.78 Å². The van der Waals surface area contributed by atoms with Crippen molar-refractivity contribution in [3.05, 3.63) is 64.6 Å². The zero-order chi connectivity index (χ0) is 17.6. The number of thiazole rings is 1. The molecular weight excluding hydrogens is 342 g/mol. The van der Waals surface area contributed by atoms with Crippen molar-refractivity contribution in [2.75, 3.05) is 5.43 Å². The van der Waals surface area contributed by atoms with Crippen molar-refractivity contribution >= 4 is 28.7 Å². The minimum Gasteiger partial charge on any atom is -0.485 e. The molecule has 0 amide bonds. The number of hydrogen-bond acceptors (Lipinski definition) is 7. The first-order valence-corrected chi connectivity index (χ1v) is 8.25. The third-order valence-corrected chi connectivity index (χ3v) is 4.01.